The lowest BCUT2D eigenvalue weighted by molar-refractivity contribution is -0.104. The highest BCUT2D eigenvalue weighted by molar-refractivity contribution is 6.32. The van der Waals surface area contributed by atoms with Gasteiger partial charge >= 0.3 is 0 Å². The average molecular weight is 315 g/mol. The van der Waals surface area contributed by atoms with Crippen molar-refractivity contribution in [3.8, 4) is 0 Å². The van der Waals surface area contributed by atoms with Gasteiger partial charge in [-0.3, -0.25) is 9.59 Å². The normalized spacial score (nSPS) is 11.2. The predicted molar refractivity (Wildman–Crippen MR) is 86.3 cm³/mol. The topological polar surface area (TPSA) is 34.1 Å². The smallest absolute Gasteiger partial charge is 0.188 e. The van der Waals surface area contributed by atoms with E-state index in [0.29, 0.717) is 16.9 Å². The van der Waals surface area contributed by atoms with Gasteiger partial charge in [0.15, 0.2) is 5.78 Å². The highest BCUT2D eigenvalue weighted by atomic mass is 35.5. The molecule has 0 heterocycles. The van der Waals surface area contributed by atoms with Crippen LogP contribution in [-0.2, 0) is 4.79 Å². The molecule has 2 nitrogen and oxygen atoms in total. The molecule has 0 atom stereocenters. The third-order valence-corrected chi connectivity index (χ3v) is 3.27. The quantitative estimate of drug-likeness (QED) is 0.459. The Morgan fingerprint density at radius 2 is 1.86 bits per heavy atom. The summed E-state index contributed by atoms with van der Waals surface area (Å²) >= 11 is 6.11. The zero-order chi connectivity index (χ0) is 15.9. The summed E-state index contributed by atoms with van der Waals surface area (Å²) in [7, 11) is 0. The number of halogens is 2. The molecule has 0 aliphatic carbocycles. The van der Waals surface area contributed by atoms with Crippen molar-refractivity contribution in [3.63, 3.8) is 0 Å². The molecule has 0 bridgehead atoms. The van der Waals surface area contributed by atoms with Crippen molar-refractivity contribution in [2.24, 2.45) is 0 Å². The van der Waals surface area contributed by atoms with E-state index in [4.69, 9.17) is 11.6 Å². The zero-order valence-corrected chi connectivity index (χ0v) is 12.3. The lowest BCUT2D eigenvalue weighted by Crippen LogP contribution is -1.97. The van der Waals surface area contributed by atoms with Crippen LogP contribution in [0.2, 0.25) is 5.02 Å². The van der Waals surface area contributed by atoms with Crippen LogP contribution in [0.3, 0.4) is 0 Å². The summed E-state index contributed by atoms with van der Waals surface area (Å²) in [6, 6.07) is 11.0. The fourth-order valence-corrected chi connectivity index (χ4v) is 2.10. The fraction of sp³-hybridized carbons (Fsp3) is 0. The van der Waals surface area contributed by atoms with Crippen LogP contribution in [0, 0.1) is 5.82 Å². The van der Waals surface area contributed by atoms with E-state index < -0.39 is 11.6 Å². The van der Waals surface area contributed by atoms with Gasteiger partial charge in [0.2, 0.25) is 0 Å². The molecule has 0 amide bonds. The lowest BCUT2D eigenvalue weighted by atomic mass is 10.1. The fourth-order valence-electron chi connectivity index (χ4n) is 1.85. The Hall–Kier alpha value is -2.52. The molecule has 2 aromatic rings. The molecule has 110 valence electrons. The molecule has 4 heteroatoms. The maximum atomic E-state index is 13.5. The number of hydrogen-bond acceptors (Lipinski definition) is 2. The molecule has 0 aromatic heterocycles. The van der Waals surface area contributed by atoms with Crippen molar-refractivity contribution < 1.29 is 14.0 Å². The van der Waals surface area contributed by atoms with Crippen LogP contribution < -0.4 is 0 Å². The number of aldehydes is 1. The molecule has 0 radical (unpaired) electrons. The van der Waals surface area contributed by atoms with Crippen molar-refractivity contribution in [3.05, 3.63) is 82.1 Å². The van der Waals surface area contributed by atoms with Crippen molar-refractivity contribution in [2.45, 2.75) is 0 Å². The molecule has 0 fully saturated rings. The number of benzene rings is 2. The minimum absolute atomic E-state index is 0.0143. The van der Waals surface area contributed by atoms with Gasteiger partial charge in [-0.25, -0.2) is 4.39 Å². The maximum Gasteiger partial charge on any atom is 0.188 e. The van der Waals surface area contributed by atoms with Gasteiger partial charge in [0.1, 0.15) is 12.1 Å². The molecule has 2 aromatic carbocycles. The van der Waals surface area contributed by atoms with Crippen LogP contribution in [0.4, 0.5) is 4.39 Å². The number of ketones is 1. The Balaban J connectivity index is 2.20. The first kappa shape index (κ1) is 15.9. The monoisotopic (exact) mass is 314 g/mol. The number of rotatable bonds is 5. The van der Waals surface area contributed by atoms with Crippen molar-refractivity contribution >= 4 is 35.8 Å². The summed E-state index contributed by atoms with van der Waals surface area (Å²) < 4.78 is 13.5. The van der Waals surface area contributed by atoms with E-state index in [2.05, 4.69) is 0 Å². The second-order valence-corrected chi connectivity index (χ2v) is 4.86. The highest BCUT2D eigenvalue weighted by Gasteiger charge is 2.07. The maximum absolute atomic E-state index is 13.5. The number of carbonyl (C=O) groups excluding carboxylic acids is 2. The Morgan fingerprint density at radius 1 is 1.09 bits per heavy atom. The van der Waals surface area contributed by atoms with Crippen molar-refractivity contribution in [2.75, 3.05) is 0 Å². The van der Waals surface area contributed by atoms with E-state index in [1.165, 1.54) is 36.4 Å². The Kier molecular flexibility index (Phi) is 5.39. The standard InChI is InChI=1S/C18H12ClFO2/c19-16-12-13(4-3-11-21)7-8-14(16)9-10-18(22)15-5-1-2-6-17(15)20/h1-12H/b4-3+,10-9+. The minimum Gasteiger partial charge on any atom is -0.299 e. The largest absolute Gasteiger partial charge is 0.299 e. The van der Waals surface area contributed by atoms with E-state index >= 15 is 0 Å². The van der Waals surface area contributed by atoms with Gasteiger partial charge in [-0.2, -0.15) is 0 Å². The van der Waals surface area contributed by atoms with Crippen molar-refractivity contribution in [1.29, 1.82) is 0 Å². The van der Waals surface area contributed by atoms with Gasteiger partial charge < -0.3 is 0 Å². The molecule has 22 heavy (non-hydrogen) atoms. The van der Waals surface area contributed by atoms with Crippen LogP contribution in [-0.4, -0.2) is 12.1 Å². The minimum atomic E-state index is -0.558. The summed E-state index contributed by atoms with van der Waals surface area (Å²) in [5.41, 5.74) is 1.42. The van der Waals surface area contributed by atoms with Crippen LogP contribution in [0.25, 0.3) is 12.2 Å². The summed E-state index contributed by atoms with van der Waals surface area (Å²) in [5, 5.41) is 0.436. The Labute approximate surface area is 132 Å². The van der Waals surface area contributed by atoms with E-state index in [1.807, 2.05) is 0 Å². The number of carbonyl (C=O) groups is 2. The third kappa shape index (κ3) is 3.99. The Bertz CT molecular complexity index is 763. The van der Waals surface area contributed by atoms with Crippen LogP contribution in [0.1, 0.15) is 21.5 Å². The third-order valence-electron chi connectivity index (χ3n) is 2.95. The van der Waals surface area contributed by atoms with E-state index in [0.717, 1.165) is 5.56 Å². The SMILES string of the molecule is O=C/C=C/c1ccc(/C=C/C(=O)c2ccccc2F)c(Cl)c1. The van der Waals surface area contributed by atoms with E-state index in [1.54, 1.807) is 30.3 Å². The van der Waals surface area contributed by atoms with E-state index in [-0.39, 0.29) is 5.56 Å². The number of allylic oxidation sites excluding steroid dienone is 2. The first-order chi connectivity index (χ1) is 10.6. The second-order valence-electron chi connectivity index (χ2n) is 4.45. The summed E-state index contributed by atoms with van der Waals surface area (Å²) in [6.07, 6.45) is 6.47. The number of hydrogen-bond donors (Lipinski definition) is 0. The highest BCUT2D eigenvalue weighted by Crippen LogP contribution is 2.20. The molecule has 0 spiro atoms. The van der Waals surface area contributed by atoms with Crippen molar-refractivity contribution in [1.82, 2.24) is 0 Å². The van der Waals surface area contributed by atoms with Gasteiger partial charge in [0, 0.05) is 5.02 Å². The molecule has 2 rings (SSSR count). The second kappa shape index (κ2) is 7.48. The van der Waals surface area contributed by atoms with Crippen LogP contribution >= 0.6 is 11.6 Å². The molecular weight excluding hydrogens is 303 g/mol. The molecule has 0 saturated heterocycles. The van der Waals surface area contributed by atoms with Gasteiger partial charge in [-0.15, -0.1) is 0 Å². The first-order valence-electron chi connectivity index (χ1n) is 6.50. The average Bonchev–Trinajstić information content (AvgIpc) is 2.52. The zero-order valence-electron chi connectivity index (χ0n) is 11.5. The van der Waals surface area contributed by atoms with Gasteiger partial charge in [-0.1, -0.05) is 41.9 Å². The predicted octanol–water partition coefficient (Wildman–Crippen LogP) is 4.59. The molecular formula is C18H12ClFO2. The van der Waals surface area contributed by atoms with E-state index in [9.17, 15) is 14.0 Å². The van der Waals surface area contributed by atoms with Gasteiger partial charge in [-0.05, 0) is 47.6 Å². The van der Waals surface area contributed by atoms with Crippen LogP contribution in [0.15, 0.2) is 54.6 Å². The molecule has 0 saturated carbocycles. The van der Waals surface area contributed by atoms with Gasteiger partial charge in [0.05, 0.1) is 5.56 Å². The van der Waals surface area contributed by atoms with Gasteiger partial charge in [0.25, 0.3) is 0 Å². The Morgan fingerprint density at radius 3 is 2.55 bits per heavy atom. The first-order valence-corrected chi connectivity index (χ1v) is 6.88. The summed E-state index contributed by atoms with van der Waals surface area (Å²) in [4.78, 5) is 22.2. The molecule has 0 unspecified atom stereocenters. The molecule has 0 aliphatic rings. The lowest BCUT2D eigenvalue weighted by Gasteiger charge is -2.01. The summed E-state index contributed by atoms with van der Waals surface area (Å²) in [5.74, 6) is -0.989. The summed E-state index contributed by atoms with van der Waals surface area (Å²) in [6.45, 7) is 0. The molecule has 0 N–H and O–H groups in total. The van der Waals surface area contributed by atoms with Crippen LogP contribution in [0.5, 0.6) is 0 Å². The molecule has 0 aliphatic heterocycles.